The van der Waals surface area contributed by atoms with Crippen LogP contribution in [-0.4, -0.2) is 38.6 Å². The summed E-state index contributed by atoms with van der Waals surface area (Å²) >= 11 is 0. The van der Waals surface area contributed by atoms with Crippen LogP contribution >= 0.6 is 0 Å². The van der Waals surface area contributed by atoms with Gasteiger partial charge in [0.25, 0.3) is 5.69 Å². The Morgan fingerprint density at radius 3 is 2.72 bits per heavy atom. The van der Waals surface area contributed by atoms with Crippen LogP contribution in [-0.2, 0) is 14.8 Å². The van der Waals surface area contributed by atoms with E-state index in [1.165, 1.54) is 18.2 Å². The largest absolute Gasteiger partial charge is 0.351 e. The third-order valence-corrected chi connectivity index (χ3v) is 5.05. The van der Waals surface area contributed by atoms with Crippen molar-refractivity contribution in [2.45, 2.75) is 25.7 Å². The lowest BCUT2D eigenvalue weighted by molar-refractivity contribution is -0.384. The molecule has 1 aliphatic carbocycles. The number of sulfonamides is 1. The van der Waals surface area contributed by atoms with E-state index in [-0.39, 0.29) is 11.4 Å². The molecule has 9 heteroatoms. The molecule has 0 aliphatic heterocycles. The molecule has 0 saturated heterocycles. The predicted molar refractivity (Wildman–Crippen MR) is 94.8 cm³/mol. The Morgan fingerprint density at radius 1 is 1.36 bits per heavy atom. The van der Waals surface area contributed by atoms with Crippen molar-refractivity contribution in [3.63, 3.8) is 0 Å². The number of nitrogens with one attached hydrogen (secondary N) is 1. The summed E-state index contributed by atoms with van der Waals surface area (Å²) in [5.74, 6) is -0.455. The van der Waals surface area contributed by atoms with Gasteiger partial charge in [-0.05, 0) is 31.7 Å². The normalized spacial score (nSPS) is 14.5. The fourth-order valence-corrected chi connectivity index (χ4v) is 3.47. The first-order valence-corrected chi connectivity index (χ1v) is 9.79. The number of allylic oxidation sites excluding steroid dienone is 1. The molecule has 136 valence electrons. The molecule has 1 aliphatic rings. The zero-order chi connectivity index (χ0) is 18.4. The number of non-ortho nitro benzene ring substituents is 1. The Kier molecular flexibility index (Phi) is 6.13. The van der Waals surface area contributed by atoms with E-state index in [0.29, 0.717) is 6.54 Å². The van der Waals surface area contributed by atoms with Crippen molar-refractivity contribution in [1.82, 2.24) is 5.32 Å². The molecular weight excluding hydrogens is 346 g/mol. The van der Waals surface area contributed by atoms with Gasteiger partial charge in [-0.15, -0.1) is 0 Å². The molecule has 1 N–H and O–H groups in total. The fraction of sp³-hybridized carbons (Fsp3) is 0.438. The van der Waals surface area contributed by atoms with Crippen molar-refractivity contribution in [2.75, 3.05) is 23.7 Å². The second kappa shape index (κ2) is 8.11. The molecule has 0 spiro atoms. The Hall–Kier alpha value is -2.42. The molecule has 0 atom stereocenters. The number of nitro groups is 1. The SMILES string of the molecule is CS(=O)(=O)N(CC(=O)NCC1=CCCCC1)c1cccc([N+](=O)[O-])c1. The first-order chi connectivity index (χ1) is 11.8. The summed E-state index contributed by atoms with van der Waals surface area (Å²) in [6.45, 7) is -0.0291. The van der Waals surface area contributed by atoms with E-state index in [1.807, 2.05) is 0 Å². The lowest BCUT2D eigenvalue weighted by atomic mass is 10.00. The zero-order valence-corrected chi connectivity index (χ0v) is 14.8. The summed E-state index contributed by atoms with van der Waals surface area (Å²) in [5, 5.41) is 13.6. The highest BCUT2D eigenvalue weighted by Crippen LogP contribution is 2.23. The lowest BCUT2D eigenvalue weighted by Crippen LogP contribution is -2.41. The second-order valence-corrected chi connectivity index (χ2v) is 7.84. The molecule has 1 amide bonds. The molecule has 1 aromatic rings. The maximum Gasteiger partial charge on any atom is 0.271 e. The smallest absolute Gasteiger partial charge is 0.271 e. The molecule has 0 bridgehead atoms. The molecule has 25 heavy (non-hydrogen) atoms. The van der Waals surface area contributed by atoms with Crippen molar-refractivity contribution < 1.29 is 18.1 Å². The van der Waals surface area contributed by atoms with Crippen LogP contribution in [0.2, 0.25) is 0 Å². The maximum atomic E-state index is 12.2. The number of nitrogens with zero attached hydrogens (tertiary/aromatic N) is 2. The van der Waals surface area contributed by atoms with Crippen LogP contribution in [0.3, 0.4) is 0 Å². The van der Waals surface area contributed by atoms with Crippen molar-refractivity contribution in [3.8, 4) is 0 Å². The van der Waals surface area contributed by atoms with Crippen molar-refractivity contribution in [1.29, 1.82) is 0 Å². The monoisotopic (exact) mass is 367 g/mol. The molecule has 0 unspecified atom stereocenters. The third kappa shape index (κ3) is 5.56. The molecular formula is C16H21N3O5S. The van der Waals surface area contributed by atoms with E-state index < -0.39 is 27.4 Å². The van der Waals surface area contributed by atoms with Gasteiger partial charge in [0, 0.05) is 18.7 Å². The van der Waals surface area contributed by atoms with Crippen LogP contribution in [0.25, 0.3) is 0 Å². The number of hydrogen-bond donors (Lipinski definition) is 1. The first-order valence-electron chi connectivity index (χ1n) is 7.94. The van der Waals surface area contributed by atoms with Crippen LogP contribution in [0.15, 0.2) is 35.9 Å². The Balaban J connectivity index is 2.10. The van der Waals surface area contributed by atoms with E-state index in [1.54, 1.807) is 0 Å². The van der Waals surface area contributed by atoms with E-state index in [2.05, 4.69) is 11.4 Å². The van der Waals surface area contributed by atoms with Crippen molar-refractivity contribution >= 4 is 27.3 Å². The van der Waals surface area contributed by atoms with Gasteiger partial charge in [0.15, 0.2) is 0 Å². The molecule has 0 aromatic heterocycles. The van der Waals surface area contributed by atoms with Gasteiger partial charge in [0.2, 0.25) is 15.9 Å². The van der Waals surface area contributed by atoms with Crippen LogP contribution in [0.4, 0.5) is 11.4 Å². The Bertz CT molecular complexity index is 789. The van der Waals surface area contributed by atoms with Gasteiger partial charge < -0.3 is 5.32 Å². The molecule has 0 heterocycles. The summed E-state index contributed by atoms with van der Waals surface area (Å²) in [6.07, 6.45) is 7.22. The average molecular weight is 367 g/mol. The van der Waals surface area contributed by atoms with Crippen LogP contribution < -0.4 is 9.62 Å². The number of amides is 1. The molecule has 0 fully saturated rings. The molecule has 2 rings (SSSR count). The third-order valence-electron chi connectivity index (χ3n) is 3.91. The van der Waals surface area contributed by atoms with E-state index in [9.17, 15) is 23.3 Å². The van der Waals surface area contributed by atoms with E-state index >= 15 is 0 Å². The first kappa shape index (κ1) is 18.9. The number of carbonyl (C=O) groups excluding carboxylic acids is 1. The molecule has 0 radical (unpaired) electrons. The molecule has 8 nitrogen and oxygen atoms in total. The fourth-order valence-electron chi connectivity index (χ4n) is 2.63. The zero-order valence-electron chi connectivity index (χ0n) is 14.0. The van der Waals surface area contributed by atoms with Gasteiger partial charge in [-0.1, -0.05) is 17.7 Å². The van der Waals surface area contributed by atoms with Gasteiger partial charge in [-0.25, -0.2) is 8.42 Å². The summed E-state index contributed by atoms with van der Waals surface area (Å²) in [6, 6.07) is 5.21. The van der Waals surface area contributed by atoms with E-state index in [0.717, 1.165) is 47.9 Å². The van der Waals surface area contributed by atoms with Gasteiger partial charge in [-0.2, -0.15) is 0 Å². The van der Waals surface area contributed by atoms with Gasteiger partial charge in [0.1, 0.15) is 6.54 Å². The van der Waals surface area contributed by atoms with Crippen LogP contribution in [0.5, 0.6) is 0 Å². The van der Waals surface area contributed by atoms with Crippen molar-refractivity contribution in [2.24, 2.45) is 0 Å². The highest BCUT2D eigenvalue weighted by atomic mass is 32.2. The minimum atomic E-state index is -3.76. The topological polar surface area (TPSA) is 110 Å². The number of rotatable bonds is 7. The minimum Gasteiger partial charge on any atom is -0.351 e. The number of nitro benzene ring substituents is 1. The number of hydrogen-bond acceptors (Lipinski definition) is 5. The summed E-state index contributed by atoms with van der Waals surface area (Å²) in [5.41, 5.74) is 0.989. The van der Waals surface area contributed by atoms with Gasteiger partial charge in [-0.3, -0.25) is 19.2 Å². The molecule has 1 aromatic carbocycles. The number of anilines is 1. The molecule has 0 saturated carbocycles. The van der Waals surface area contributed by atoms with Gasteiger partial charge in [0.05, 0.1) is 16.9 Å². The minimum absolute atomic E-state index is 0.0868. The quantitative estimate of drug-likeness (QED) is 0.450. The van der Waals surface area contributed by atoms with Gasteiger partial charge >= 0.3 is 0 Å². The Labute approximate surface area is 146 Å². The highest BCUT2D eigenvalue weighted by Gasteiger charge is 2.22. The Morgan fingerprint density at radius 2 is 2.12 bits per heavy atom. The highest BCUT2D eigenvalue weighted by molar-refractivity contribution is 7.92. The van der Waals surface area contributed by atoms with Crippen LogP contribution in [0.1, 0.15) is 25.7 Å². The maximum absolute atomic E-state index is 12.2. The number of benzene rings is 1. The summed E-state index contributed by atoms with van der Waals surface area (Å²) < 4.78 is 24.9. The summed E-state index contributed by atoms with van der Waals surface area (Å²) in [4.78, 5) is 22.4. The predicted octanol–water partition coefficient (Wildman–Crippen LogP) is 1.98. The number of carbonyl (C=O) groups is 1. The standard InChI is InChI=1S/C16H21N3O5S/c1-25(23,24)18(14-8-5-9-15(10-14)19(21)22)12-16(20)17-11-13-6-3-2-4-7-13/h5-6,8-10H,2-4,7,11-12H2,1H3,(H,17,20). The van der Waals surface area contributed by atoms with E-state index in [4.69, 9.17) is 0 Å². The average Bonchev–Trinajstić information content (AvgIpc) is 2.58. The van der Waals surface area contributed by atoms with Crippen molar-refractivity contribution in [3.05, 3.63) is 46.0 Å². The second-order valence-electron chi connectivity index (χ2n) is 5.93. The lowest BCUT2D eigenvalue weighted by Gasteiger charge is -2.22. The van der Waals surface area contributed by atoms with Crippen LogP contribution in [0, 0.1) is 10.1 Å². The summed E-state index contributed by atoms with van der Waals surface area (Å²) in [7, 11) is -3.76.